The third kappa shape index (κ3) is 3.16. The molecule has 0 aliphatic heterocycles. The Hall–Kier alpha value is -1.15. The van der Waals surface area contributed by atoms with Gasteiger partial charge in [-0.05, 0) is 29.8 Å². The number of rotatable bonds is 4. The van der Waals surface area contributed by atoms with Gasteiger partial charge in [0.2, 0.25) is 0 Å². The Kier molecular flexibility index (Phi) is 4.10. The van der Waals surface area contributed by atoms with Crippen LogP contribution in [0.1, 0.15) is 13.8 Å². The second kappa shape index (κ2) is 5.01. The van der Waals surface area contributed by atoms with Gasteiger partial charge in [0.25, 0.3) is 0 Å². The van der Waals surface area contributed by atoms with Crippen molar-refractivity contribution in [2.24, 2.45) is 0 Å². The molecule has 17 heavy (non-hydrogen) atoms. The molecule has 8 heteroatoms. The number of aliphatic carboxylic acids is 1. The lowest BCUT2D eigenvalue weighted by atomic mass is 10.2. The van der Waals surface area contributed by atoms with Crippen molar-refractivity contribution in [3.8, 4) is 0 Å². The van der Waals surface area contributed by atoms with Crippen LogP contribution in [0.3, 0.4) is 0 Å². The molecule has 0 atom stereocenters. The molecule has 0 fully saturated rings. The number of carbonyl (C=O) groups is 1. The Bertz CT molecular complexity index is 478. The number of carboxylic acid groups (broad SMARTS) is 1. The maximum atomic E-state index is 11.0. The SMILES string of the molecule is CC(C)(Sc1c(Br)cncc1[N+](=O)[O-])C(=O)O. The van der Waals surface area contributed by atoms with Crippen molar-refractivity contribution in [1.29, 1.82) is 0 Å². The summed E-state index contributed by atoms with van der Waals surface area (Å²) in [5.74, 6) is -1.04. The highest BCUT2D eigenvalue weighted by atomic mass is 79.9. The number of nitro groups is 1. The van der Waals surface area contributed by atoms with Crippen molar-refractivity contribution < 1.29 is 14.8 Å². The number of pyridine rings is 1. The van der Waals surface area contributed by atoms with Crippen molar-refractivity contribution in [3.63, 3.8) is 0 Å². The molecule has 1 aromatic heterocycles. The van der Waals surface area contributed by atoms with Crippen LogP contribution in [0, 0.1) is 10.1 Å². The molecule has 0 aliphatic rings. The highest BCUT2D eigenvalue weighted by Crippen LogP contribution is 2.41. The van der Waals surface area contributed by atoms with Gasteiger partial charge >= 0.3 is 11.7 Å². The van der Waals surface area contributed by atoms with E-state index in [1.165, 1.54) is 20.0 Å². The molecule has 1 aromatic rings. The molecular weight excluding hydrogens is 312 g/mol. The maximum absolute atomic E-state index is 11.0. The average Bonchev–Trinajstić information content (AvgIpc) is 2.20. The summed E-state index contributed by atoms with van der Waals surface area (Å²) in [5, 5.41) is 19.8. The molecule has 0 saturated heterocycles. The van der Waals surface area contributed by atoms with E-state index in [2.05, 4.69) is 20.9 Å². The van der Waals surface area contributed by atoms with E-state index in [1.54, 1.807) is 0 Å². The smallest absolute Gasteiger partial charge is 0.319 e. The zero-order chi connectivity index (χ0) is 13.2. The van der Waals surface area contributed by atoms with E-state index in [9.17, 15) is 14.9 Å². The number of halogens is 1. The average molecular weight is 321 g/mol. The molecule has 92 valence electrons. The third-order valence-corrected chi connectivity index (χ3v) is 4.09. The van der Waals surface area contributed by atoms with Gasteiger partial charge in [-0.2, -0.15) is 0 Å². The fraction of sp³-hybridized carbons (Fsp3) is 0.333. The molecule has 1 heterocycles. The largest absolute Gasteiger partial charge is 0.480 e. The predicted molar refractivity (Wildman–Crippen MR) is 66.2 cm³/mol. The van der Waals surface area contributed by atoms with E-state index in [1.807, 2.05) is 0 Å². The van der Waals surface area contributed by atoms with Gasteiger partial charge in [-0.25, -0.2) is 0 Å². The second-order valence-electron chi connectivity index (χ2n) is 3.64. The molecule has 6 nitrogen and oxygen atoms in total. The first-order valence-electron chi connectivity index (χ1n) is 4.46. The fourth-order valence-corrected chi connectivity index (χ4v) is 2.49. The van der Waals surface area contributed by atoms with Gasteiger partial charge in [0.15, 0.2) is 0 Å². The minimum absolute atomic E-state index is 0.210. The Morgan fingerprint density at radius 3 is 2.65 bits per heavy atom. The van der Waals surface area contributed by atoms with Crippen LogP contribution in [-0.2, 0) is 4.79 Å². The summed E-state index contributed by atoms with van der Waals surface area (Å²) >= 11 is 4.04. The Morgan fingerprint density at radius 1 is 1.59 bits per heavy atom. The molecule has 0 bridgehead atoms. The van der Waals surface area contributed by atoms with Crippen LogP contribution in [0.2, 0.25) is 0 Å². The van der Waals surface area contributed by atoms with E-state index in [0.717, 1.165) is 18.0 Å². The number of aromatic nitrogens is 1. The second-order valence-corrected chi connectivity index (χ2v) is 6.13. The van der Waals surface area contributed by atoms with Crippen molar-refractivity contribution >= 4 is 39.3 Å². The molecule has 0 aromatic carbocycles. The van der Waals surface area contributed by atoms with Crippen molar-refractivity contribution in [1.82, 2.24) is 4.98 Å². The lowest BCUT2D eigenvalue weighted by Crippen LogP contribution is -2.27. The van der Waals surface area contributed by atoms with Crippen LogP contribution in [0.5, 0.6) is 0 Å². The summed E-state index contributed by atoms with van der Waals surface area (Å²) in [7, 11) is 0. The highest BCUT2D eigenvalue weighted by Gasteiger charge is 2.32. The first-order chi connectivity index (χ1) is 7.75. The third-order valence-electron chi connectivity index (χ3n) is 1.90. The van der Waals surface area contributed by atoms with Crippen LogP contribution in [0.15, 0.2) is 21.8 Å². The molecule has 0 aliphatic carbocycles. The number of hydrogen-bond donors (Lipinski definition) is 1. The summed E-state index contributed by atoms with van der Waals surface area (Å²) in [4.78, 5) is 25.2. The van der Waals surface area contributed by atoms with Gasteiger partial charge in [-0.15, -0.1) is 0 Å². The first-order valence-corrected chi connectivity index (χ1v) is 6.07. The monoisotopic (exact) mass is 320 g/mol. The molecule has 0 saturated carbocycles. The van der Waals surface area contributed by atoms with Crippen LogP contribution in [0.25, 0.3) is 0 Å². The lowest BCUT2D eigenvalue weighted by Gasteiger charge is -2.18. The van der Waals surface area contributed by atoms with Crippen LogP contribution in [-0.4, -0.2) is 25.7 Å². The van der Waals surface area contributed by atoms with Crippen molar-refractivity contribution in [2.45, 2.75) is 23.5 Å². The molecule has 0 radical (unpaired) electrons. The normalized spacial score (nSPS) is 11.2. The van der Waals surface area contributed by atoms with Crippen molar-refractivity contribution in [3.05, 3.63) is 27.0 Å². The van der Waals surface area contributed by atoms with E-state index in [0.29, 0.717) is 4.47 Å². The predicted octanol–water partition coefficient (Wildman–Crippen LogP) is 2.71. The molecular formula is C9H9BrN2O4S. The minimum atomic E-state index is -1.16. The van der Waals surface area contributed by atoms with E-state index in [-0.39, 0.29) is 10.6 Å². The van der Waals surface area contributed by atoms with Crippen LogP contribution < -0.4 is 0 Å². The van der Waals surface area contributed by atoms with E-state index in [4.69, 9.17) is 5.11 Å². The van der Waals surface area contributed by atoms with Gasteiger partial charge in [0, 0.05) is 6.20 Å². The number of hydrogen-bond acceptors (Lipinski definition) is 5. The standard InChI is InChI=1S/C9H9BrN2O4S/c1-9(2,8(13)14)17-7-5(10)3-11-4-6(7)12(15)16/h3-4H,1-2H3,(H,13,14). The summed E-state index contributed by atoms with van der Waals surface area (Å²) < 4.78 is -0.750. The van der Waals surface area contributed by atoms with Crippen molar-refractivity contribution in [2.75, 3.05) is 0 Å². The minimum Gasteiger partial charge on any atom is -0.480 e. The van der Waals surface area contributed by atoms with Gasteiger partial charge < -0.3 is 5.11 Å². The van der Waals surface area contributed by atoms with Crippen LogP contribution >= 0.6 is 27.7 Å². The number of carboxylic acids is 1. The molecule has 0 spiro atoms. The topological polar surface area (TPSA) is 93.3 Å². The highest BCUT2D eigenvalue weighted by molar-refractivity contribution is 9.10. The number of thioether (sulfide) groups is 1. The summed E-state index contributed by atoms with van der Waals surface area (Å²) in [5.41, 5.74) is -0.210. The summed E-state index contributed by atoms with van der Waals surface area (Å²) in [6.07, 6.45) is 2.50. The molecule has 1 rings (SSSR count). The molecule has 0 amide bonds. The quantitative estimate of drug-likeness (QED) is 0.520. The van der Waals surface area contributed by atoms with E-state index >= 15 is 0 Å². The van der Waals surface area contributed by atoms with E-state index < -0.39 is 15.6 Å². The van der Waals surface area contributed by atoms with Gasteiger partial charge in [0.1, 0.15) is 15.8 Å². The Balaban J connectivity index is 3.22. The maximum Gasteiger partial charge on any atom is 0.319 e. The van der Waals surface area contributed by atoms with Crippen LogP contribution in [0.4, 0.5) is 5.69 Å². The summed E-state index contributed by atoms with van der Waals surface area (Å²) in [6, 6.07) is 0. The number of nitrogens with zero attached hydrogens (tertiary/aromatic N) is 2. The zero-order valence-electron chi connectivity index (χ0n) is 9.01. The van der Waals surface area contributed by atoms with Gasteiger partial charge in [0.05, 0.1) is 9.40 Å². The molecule has 0 unspecified atom stereocenters. The molecule has 1 N–H and O–H groups in total. The lowest BCUT2D eigenvalue weighted by molar-refractivity contribution is -0.388. The zero-order valence-corrected chi connectivity index (χ0v) is 11.4. The summed E-state index contributed by atoms with van der Waals surface area (Å²) in [6.45, 7) is 2.97. The Morgan fingerprint density at radius 2 is 2.18 bits per heavy atom. The Labute approximate surface area is 110 Å². The van der Waals surface area contributed by atoms with Gasteiger partial charge in [-0.1, -0.05) is 11.8 Å². The first kappa shape index (κ1) is 13.9. The van der Waals surface area contributed by atoms with Gasteiger partial charge in [-0.3, -0.25) is 19.9 Å². The fourth-order valence-electron chi connectivity index (χ4n) is 0.943.